The van der Waals surface area contributed by atoms with Crippen molar-refractivity contribution < 1.29 is 14.3 Å². The number of methoxy groups -OCH3 is 1. The maximum absolute atomic E-state index is 12.4. The Bertz CT molecular complexity index is 804. The Balaban J connectivity index is 1.38. The number of carbonyl (C=O) groups is 2. The van der Waals surface area contributed by atoms with Crippen LogP contribution in [0.3, 0.4) is 0 Å². The Morgan fingerprint density at radius 3 is 2.70 bits per heavy atom. The molecule has 0 unspecified atom stereocenters. The number of fused-ring (bicyclic) bond motifs is 1. The van der Waals surface area contributed by atoms with Crippen LogP contribution >= 0.6 is 0 Å². The Kier molecular flexibility index (Phi) is 6.47. The summed E-state index contributed by atoms with van der Waals surface area (Å²) in [6, 6.07) is 16.0. The number of hydrogen-bond donors (Lipinski definition) is 1. The lowest BCUT2D eigenvalue weighted by Gasteiger charge is -2.29. The average Bonchev–Trinajstić information content (AvgIpc) is 2.72. The van der Waals surface area contributed by atoms with E-state index < -0.39 is 0 Å². The lowest BCUT2D eigenvalue weighted by Crippen LogP contribution is -2.38. The standard InChI is InChI=1S/C22H26N2O3/c1-27-20-8-4-5-17(15-20)9-10-21(25)23-13-11-22(26)24-14-12-18-6-2-3-7-19(18)16-24/h2-8,15H,9-14,16H2,1H3,(H,23,25). The van der Waals surface area contributed by atoms with E-state index >= 15 is 0 Å². The molecule has 3 rings (SSSR count). The van der Waals surface area contributed by atoms with E-state index in [9.17, 15) is 9.59 Å². The fraction of sp³-hybridized carbons (Fsp3) is 0.364. The second-order valence-corrected chi connectivity index (χ2v) is 6.79. The number of nitrogens with one attached hydrogen (secondary N) is 1. The van der Waals surface area contributed by atoms with Gasteiger partial charge in [0.2, 0.25) is 11.8 Å². The molecule has 0 radical (unpaired) electrons. The van der Waals surface area contributed by atoms with Crippen LogP contribution in [-0.4, -0.2) is 36.9 Å². The second-order valence-electron chi connectivity index (χ2n) is 6.79. The van der Waals surface area contributed by atoms with Crippen molar-refractivity contribution in [2.24, 2.45) is 0 Å². The van der Waals surface area contributed by atoms with Gasteiger partial charge in [-0.15, -0.1) is 0 Å². The molecule has 0 atom stereocenters. The normalized spacial score (nSPS) is 13.0. The summed E-state index contributed by atoms with van der Waals surface area (Å²) in [6.07, 6.45) is 2.29. The molecule has 1 N–H and O–H groups in total. The van der Waals surface area contributed by atoms with E-state index in [4.69, 9.17) is 4.74 Å². The molecule has 0 aliphatic carbocycles. The van der Waals surface area contributed by atoms with Gasteiger partial charge in [0, 0.05) is 32.5 Å². The highest BCUT2D eigenvalue weighted by Crippen LogP contribution is 2.19. The van der Waals surface area contributed by atoms with E-state index in [1.54, 1.807) is 7.11 Å². The molecule has 2 aromatic carbocycles. The second kappa shape index (κ2) is 9.21. The summed E-state index contributed by atoms with van der Waals surface area (Å²) in [5, 5.41) is 2.85. The van der Waals surface area contributed by atoms with Gasteiger partial charge < -0.3 is 15.0 Å². The summed E-state index contributed by atoms with van der Waals surface area (Å²) in [5.74, 6) is 0.855. The highest BCUT2D eigenvalue weighted by Gasteiger charge is 2.19. The molecule has 5 nitrogen and oxygen atoms in total. The van der Waals surface area contributed by atoms with Crippen molar-refractivity contribution in [3.05, 3.63) is 65.2 Å². The third-order valence-corrected chi connectivity index (χ3v) is 4.92. The zero-order valence-corrected chi connectivity index (χ0v) is 15.7. The predicted octanol–water partition coefficient (Wildman–Crippen LogP) is 2.72. The number of ether oxygens (including phenoxy) is 1. The third-order valence-electron chi connectivity index (χ3n) is 4.92. The van der Waals surface area contributed by atoms with Crippen molar-refractivity contribution in [1.82, 2.24) is 10.2 Å². The topological polar surface area (TPSA) is 58.6 Å². The van der Waals surface area contributed by atoms with Crippen molar-refractivity contribution in [2.75, 3.05) is 20.2 Å². The first-order valence-corrected chi connectivity index (χ1v) is 9.40. The maximum Gasteiger partial charge on any atom is 0.224 e. The van der Waals surface area contributed by atoms with Crippen LogP contribution in [0.5, 0.6) is 5.75 Å². The predicted molar refractivity (Wildman–Crippen MR) is 105 cm³/mol. The van der Waals surface area contributed by atoms with E-state index in [1.807, 2.05) is 41.3 Å². The minimum absolute atomic E-state index is 0.0328. The molecule has 2 amide bonds. The third kappa shape index (κ3) is 5.33. The maximum atomic E-state index is 12.4. The molecule has 0 spiro atoms. The van der Waals surface area contributed by atoms with Gasteiger partial charge in [0.1, 0.15) is 5.75 Å². The average molecular weight is 366 g/mol. The Morgan fingerprint density at radius 2 is 1.89 bits per heavy atom. The van der Waals surface area contributed by atoms with Crippen LogP contribution in [0.1, 0.15) is 29.5 Å². The molecule has 27 heavy (non-hydrogen) atoms. The summed E-state index contributed by atoms with van der Waals surface area (Å²) in [6.45, 7) is 1.80. The van der Waals surface area contributed by atoms with Crippen LogP contribution in [-0.2, 0) is 29.0 Å². The van der Waals surface area contributed by atoms with Gasteiger partial charge in [0.05, 0.1) is 7.11 Å². The Morgan fingerprint density at radius 1 is 1.07 bits per heavy atom. The molecule has 5 heteroatoms. The van der Waals surface area contributed by atoms with Crippen LogP contribution in [0.15, 0.2) is 48.5 Å². The SMILES string of the molecule is COc1cccc(CCC(=O)NCCC(=O)N2CCc3ccccc3C2)c1. The van der Waals surface area contributed by atoms with Crippen molar-refractivity contribution >= 4 is 11.8 Å². The van der Waals surface area contributed by atoms with Gasteiger partial charge in [-0.1, -0.05) is 36.4 Å². The van der Waals surface area contributed by atoms with Gasteiger partial charge in [0.25, 0.3) is 0 Å². The molecule has 0 fully saturated rings. The smallest absolute Gasteiger partial charge is 0.224 e. The summed E-state index contributed by atoms with van der Waals surface area (Å²) < 4.78 is 5.19. The highest BCUT2D eigenvalue weighted by molar-refractivity contribution is 5.79. The molecule has 1 aliphatic rings. The molecular formula is C22H26N2O3. The van der Waals surface area contributed by atoms with Crippen LogP contribution in [0.25, 0.3) is 0 Å². The highest BCUT2D eigenvalue weighted by atomic mass is 16.5. The van der Waals surface area contributed by atoms with Gasteiger partial charge in [-0.05, 0) is 41.7 Å². The molecule has 0 saturated carbocycles. The van der Waals surface area contributed by atoms with E-state index in [-0.39, 0.29) is 11.8 Å². The van der Waals surface area contributed by atoms with Crippen molar-refractivity contribution in [2.45, 2.75) is 32.2 Å². The minimum Gasteiger partial charge on any atom is -0.497 e. The molecule has 1 heterocycles. The van der Waals surface area contributed by atoms with Crippen molar-refractivity contribution in [3.8, 4) is 5.75 Å². The molecule has 2 aromatic rings. The molecule has 0 bridgehead atoms. The number of amides is 2. The van der Waals surface area contributed by atoms with Gasteiger partial charge in [-0.3, -0.25) is 9.59 Å². The van der Waals surface area contributed by atoms with E-state index in [2.05, 4.69) is 17.4 Å². The summed E-state index contributed by atoms with van der Waals surface area (Å²) in [5.41, 5.74) is 3.61. The molecule has 142 valence electrons. The van der Waals surface area contributed by atoms with Gasteiger partial charge in [-0.2, -0.15) is 0 Å². The van der Waals surface area contributed by atoms with E-state index in [0.717, 1.165) is 24.3 Å². The number of rotatable bonds is 7. The number of aryl methyl sites for hydroxylation is 1. The quantitative estimate of drug-likeness (QED) is 0.820. The van der Waals surface area contributed by atoms with Crippen LogP contribution < -0.4 is 10.1 Å². The Hall–Kier alpha value is -2.82. The number of benzene rings is 2. The zero-order valence-electron chi connectivity index (χ0n) is 15.7. The Labute approximate surface area is 160 Å². The largest absolute Gasteiger partial charge is 0.497 e. The first kappa shape index (κ1) is 19.0. The molecular weight excluding hydrogens is 340 g/mol. The summed E-state index contributed by atoms with van der Waals surface area (Å²) in [4.78, 5) is 26.3. The fourth-order valence-electron chi connectivity index (χ4n) is 3.35. The number of carbonyl (C=O) groups excluding carboxylic acids is 2. The number of nitrogens with zero attached hydrogens (tertiary/aromatic N) is 1. The van der Waals surface area contributed by atoms with E-state index in [0.29, 0.717) is 32.4 Å². The molecule has 0 saturated heterocycles. The summed E-state index contributed by atoms with van der Waals surface area (Å²) in [7, 11) is 1.63. The van der Waals surface area contributed by atoms with Crippen LogP contribution in [0.2, 0.25) is 0 Å². The molecule has 0 aromatic heterocycles. The van der Waals surface area contributed by atoms with E-state index in [1.165, 1.54) is 11.1 Å². The zero-order chi connectivity index (χ0) is 19.1. The van der Waals surface area contributed by atoms with Gasteiger partial charge >= 0.3 is 0 Å². The van der Waals surface area contributed by atoms with Gasteiger partial charge in [0.15, 0.2) is 0 Å². The number of hydrogen-bond acceptors (Lipinski definition) is 3. The first-order chi connectivity index (χ1) is 13.2. The van der Waals surface area contributed by atoms with Gasteiger partial charge in [-0.25, -0.2) is 0 Å². The monoisotopic (exact) mass is 366 g/mol. The van der Waals surface area contributed by atoms with Crippen LogP contribution in [0.4, 0.5) is 0 Å². The van der Waals surface area contributed by atoms with Crippen LogP contribution in [0, 0.1) is 0 Å². The first-order valence-electron chi connectivity index (χ1n) is 9.40. The molecule has 1 aliphatic heterocycles. The fourth-order valence-corrected chi connectivity index (χ4v) is 3.35. The lowest BCUT2D eigenvalue weighted by molar-refractivity contribution is -0.132. The van der Waals surface area contributed by atoms with Crippen molar-refractivity contribution in [1.29, 1.82) is 0 Å². The minimum atomic E-state index is -0.0328. The lowest BCUT2D eigenvalue weighted by atomic mass is 10.00. The van der Waals surface area contributed by atoms with Crippen molar-refractivity contribution in [3.63, 3.8) is 0 Å². The summed E-state index contributed by atoms with van der Waals surface area (Å²) >= 11 is 0.